The maximum Gasteiger partial charge on any atom is 0.115 e. The quantitative estimate of drug-likeness (QED) is 0.813. The molecule has 1 N–H and O–H groups in total. The number of nitrogens with zero attached hydrogens (tertiary/aromatic N) is 1. The van der Waals surface area contributed by atoms with Gasteiger partial charge in [-0.25, -0.2) is 4.98 Å². The number of rotatable bonds is 4. The molecule has 21 heavy (non-hydrogen) atoms. The Kier molecular flexibility index (Phi) is 3.82. The fraction of sp³-hybridized carbons (Fsp3) is 0.438. The molecule has 0 saturated heterocycles. The molecule has 1 fully saturated rings. The van der Waals surface area contributed by atoms with E-state index in [9.17, 15) is 0 Å². The van der Waals surface area contributed by atoms with Gasteiger partial charge < -0.3 is 5.32 Å². The zero-order chi connectivity index (χ0) is 14.4. The van der Waals surface area contributed by atoms with Gasteiger partial charge in [0.1, 0.15) is 5.01 Å². The summed E-state index contributed by atoms with van der Waals surface area (Å²) >= 11 is 11.6. The van der Waals surface area contributed by atoms with Gasteiger partial charge in [-0.05, 0) is 49.8 Å². The zero-order valence-corrected chi connectivity index (χ0v) is 14.7. The van der Waals surface area contributed by atoms with E-state index in [1.54, 1.807) is 0 Å². The van der Waals surface area contributed by atoms with Crippen LogP contribution in [-0.2, 0) is 12.8 Å². The van der Waals surface area contributed by atoms with Crippen LogP contribution in [0.25, 0.3) is 0 Å². The molecule has 0 aliphatic heterocycles. The highest BCUT2D eigenvalue weighted by atomic mass is 79.9. The van der Waals surface area contributed by atoms with Crippen molar-refractivity contribution in [2.45, 2.75) is 44.2 Å². The van der Waals surface area contributed by atoms with Crippen LogP contribution >= 0.6 is 38.9 Å². The van der Waals surface area contributed by atoms with Crippen molar-refractivity contribution in [1.29, 1.82) is 0 Å². The predicted molar refractivity (Wildman–Crippen MR) is 91.3 cm³/mol. The van der Waals surface area contributed by atoms with Crippen LogP contribution in [0.1, 0.15) is 46.4 Å². The van der Waals surface area contributed by atoms with Crippen molar-refractivity contribution in [2.75, 3.05) is 0 Å². The molecule has 0 radical (unpaired) electrons. The van der Waals surface area contributed by atoms with Crippen LogP contribution in [0.5, 0.6) is 0 Å². The molecular formula is C16H16BrClN2S. The second kappa shape index (κ2) is 5.65. The molecule has 0 bridgehead atoms. The molecule has 2 aromatic rings. The van der Waals surface area contributed by atoms with Crippen molar-refractivity contribution in [3.8, 4) is 0 Å². The monoisotopic (exact) mass is 382 g/mol. The van der Waals surface area contributed by atoms with Crippen LogP contribution in [0.4, 0.5) is 0 Å². The highest BCUT2D eigenvalue weighted by Crippen LogP contribution is 2.38. The van der Waals surface area contributed by atoms with E-state index in [-0.39, 0.29) is 6.04 Å². The van der Waals surface area contributed by atoms with Crippen LogP contribution in [0.2, 0.25) is 5.02 Å². The first-order valence-corrected chi connectivity index (χ1v) is 9.39. The number of halogens is 2. The molecule has 110 valence electrons. The average Bonchev–Trinajstić information content (AvgIpc) is 3.00. The van der Waals surface area contributed by atoms with Gasteiger partial charge in [0.05, 0.1) is 11.7 Å². The van der Waals surface area contributed by atoms with E-state index in [2.05, 4.69) is 27.3 Å². The molecule has 2 nitrogen and oxygen atoms in total. The minimum atomic E-state index is 0.180. The van der Waals surface area contributed by atoms with Crippen molar-refractivity contribution >= 4 is 38.9 Å². The molecule has 4 rings (SSSR count). The van der Waals surface area contributed by atoms with Crippen molar-refractivity contribution in [3.05, 3.63) is 48.8 Å². The van der Waals surface area contributed by atoms with Gasteiger partial charge in [0.2, 0.25) is 0 Å². The normalized spacial score (nSPS) is 18.8. The number of nitrogens with one attached hydrogen (secondary N) is 1. The second-order valence-electron chi connectivity index (χ2n) is 5.82. The van der Waals surface area contributed by atoms with Gasteiger partial charge in [-0.3, -0.25) is 0 Å². The highest BCUT2D eigenvalue weighted by molar-refractivity contribution is 9.10. The molecule has 1 saturated carbocycles. The Morgan fingerprint density at radius 1 is 1.33 bits per heavy atom. The molecule has 0 amide bonds. The minimum Gasteiger partial charge on any atom is -0.301 e. The first-order chi connectivity index (χ1) is 10.2. The fourth-order valence-electron chi connectivity index (χ4n) is 2.85. The van der Waals surface area contributed by atoms with E-state index in [1.807, 2.05) is 23.5 Å². The number of hydrogen-bond donors (Lipinski definition) is 1. The molecule has 1 unspecified atom stereocenters. The summed E-state index contributed by atoms with van der Waals surface area (Å²) in [5.74, 6) is 0. The van der Waals surface area contributed by atoms with Gasteiger partial charge in [0.15, 0.2) is 0 Å². The van der Waals surface area contributed by atoms with Crippen molar-refractivity contribution in [3.63, 3.8) is 0 Å². The number of aryl methyl sites for hydroxylation is 2. The third-order valence-electron chi connectivity index (χ3n) is 4.11. The summed E-state index contributed by atoms with van der Waals surface area (Å²) in [5.41, 5.74) is 2.56. The average molecular weight is 384 g/mol. The number of hydrogen-bond acceptors (Lipinski definition) is 3. The summed E-state index contributed by atoms with van der Waals surface area (Å²) in [7, 11) is 0. The Morgan fingerprint density at radius 2 is 2.19 bits per heavy atom. The molecule has 5 heteroatoms. The maximum absolute atomic E-state index is 6.08. The smallest absolute Gasteiger partial charge is 0.115 e. The third kappa shape index (κ3) is 2.91. The standard InChI is InChI=1S/C16H16BrClN2S/c17-12-8-9(18)4-7-11(12)15(19-10-5-6-10)16-20-13-2-1-3-14(13)21-16/h4,7-8,10,15,19H,1-3,5-6H2. The molecule has 1 atom stereocenters. The van der Waals surface area contributed by atoms with E-state index >= 15 is 0 Å². The molecule has 1 aromatic carbocycles. The number of fused-ring (bicyclic) bond motifs is 1. The van der Waals surface area contributed by atoms with Crippen molar-refractivity contribution in [1.82, 2.24) is 10.3 Å². The lowest BCUT2D eigenvalue weighted by atomic mass is 10.1. The van der Waals surface area contributed by atoms with Gasteiger partial charge >= 0.3 is 0 Å². The van der Waals surface area contributed by atoms with E-state index in [4.69, 9.17) is 16.6 Å². The maximum atomic E-state index is 6.08. The van der Waals surface area contributed by atoms with E-state index < -0.39 is 0 Å². The zero-order valence-electron chi connectivity index (χ0n) is 11.5. The summed E-state index contributed by atoms with van der Waals surface area (Å²) in [4.78, 5) is 6.40. The van der Waals surface area contributed by atoms with Crippen LogP contribution in [0.15, 0.2) is 22.7 Å². The molecule has 0 spiro atoms. The topological polar surface area (TPSA) is 24.9 Å². The van der Waals surface area contributed by atoms with E-state index in [0.29, 0.717) is 6.04 Å². The lowest BCUT2D eigenvalue weighted by molar-refractivity contribution is 0.594. The minimum absolute atomic E-state index is 0.180. The van der Waals surface area contributed by atoms with Gasteiger partial charge in [0.25, 0.3) is 0 Å². The van der Waals surface area contributed by atoms with Crippen LogP contribution < -0.4 is 5.32 Å². The lowest BCUT2D eigenvalue weighted by Crippen LogP contribution is -2.24. The first-order valence-electron chi connectivity index (χ1n) is 7.40. The van der Waals surface area contributed by atoms with Crippen molar-refractivity contribution in [2.24, 2.45) is 0 Å². The van der Waals surface area contributed by atoms with Gasteiger partial charge in [-0.1, -0.05) is 33.6 Å². The molecule has 2 aliphatic carbocycles. The Morgan fingerprint density at radius 3 is 2.90 bits per heavy atom. The summed E-state index contributed by atoms with van der Waals surface area (Å²) in [6.45, 7) is 0. The Balaban J connectivity index is 1.72. The van der Waals surface area contributed by atoms with Crippen LogP contribution in [0.3, 0.4) is 0 Å². The molecule has 1 heterocycles. The SMILES string of the molecule is Clc1ccc(C(NC2CC2)c2nc3c(s2)CCC3)c(Br)c1. The Bertz CT molecular complexity index is 659. The van der Waals surface area contributed by atoms with Gasteiger partial charge in [-0.15, -0.1) is 11.3 Å². The number of benzene rings is 1. The van der Waals surface area contributed by atoms with E-state index in [1.165, 1.54) is 46.8 Å². The van der Waals surface area contributed by atoms with E-state index in [0.717, 1.165) is 15.9 Å². The molecule has 1 aromatic heterocycles. The summed E-state index contributed by atoms with van der Waals surface area (Å²) in [5, 5.41) is 5.71. The summed E-state index contributed by atoms with van der Waals surface area (Å²) in [6.07, 6.45) is 6.15. The largest absolute Gasteiger partial charge is 0.301 e. The van der Waals surface area contributed by atoms with Gasteiger partial charge in [-0.2, -0.15) is 0 Å². The molecule has 2 aliphatic rings. The first kappa shape index (κ1) is 14.2. The van der Waals surface area contributed by atoms with Crippen LogP contribution in [0, 0.1) is 0 Å². The Hall–Kier alpha value is -0.420. The van der Waals surface area contributed by atoms with Crippen molar-refractivity contribution < 1.29 is 0 Å². The second-order valence-corrected chi connectivity index (χ2v) is 8.22. The number of aromatic nitrogens is 1. The third-order valence-corrected chi connectivity index (χ3v) is 6.26. The lowest BCUT2D eigenvalue weighted by Gasteiger charge is -2.18. The van der Waals surface area contributed by atoms with Crippen LogP contribution in [-0.4, -0.2) is 11.0 Å². The fourth-order valence-corrected chi connectivity index (χ4v) is 4.99. The van der Waals surface area contributed by atoms with Gasteiger partial charge in [0, 0.05) is 20.4 Å². The highest BCUT2D eigenvalue weighted by Gasteiger charge is 2.30. The predicted octanol–water partition coefficient (Wildman–Crippen LogP) is 4.89. The molecular weight excluding hydrogens is 368 g/mol. The Labute approximate surface area is 142 Å². The summed E-state index contributed by atoms with van der Waals surface area (Å²) < 4.78 is 1.06. The number of thiazole rings is 1. The summed E-state index contributed by atoms with van der Waals surface area (Å²) in [6, 6.07) is 6.86.